The molecule has 0 spiro atoms. The third-order valence-corrected chi connectivity index (χ3v) is 7.73. The van der Waals surface area contributed by atoms with Crippen LogP contribution in [0, 0.1) is 11.3 Å². The van der Waals surface area contributed by atoms with E-state index >= 15 is 0 Å². The predicted molar refractivity (Wildman–Crippen MR) is 169 cm³/mol. The summed E-state index contributed by atoms with van der Waals surface area (Å²) in [6.45, 7) is 15.7. The number of carbonyl (C=O) groups excluding carboxylic acids is 2. The number of carbonyl (C=O) groups is 2. The summed E-state index contributed by atoms with van der Waals surface area (Å²) in [6.07, 6.45) is 7.17. The molecule has 1 heterocycles. The summed E-state index contributed by atoms with van der Waals surface area (Å²) in [5, 5.41) is 15.8. The normalized spacial score (nSPS) is 16.4. The van der Waals surface area contributed by atoms with Gasteiger partial charge >= 0.3 is 0 Å². The van der Waals surface area contributed by atoms with Crippen LogP contribution >= 0.6 is 0 Å². The lowest BCUT2D eigenvalue weighted by molar-refractivity contribution is 0.0926. The highest BCUT2D eigenvalue weighted by Gasteiger charge is 2.24. The van der Waals surface area contributed by atoms with Gasteiger partial charge in [-0.25, -0.2) is 0 Å². The predicted octanol–water partition coefficient (Wildman–Crippen LogP) is 6.37. The Bertz CT molecular complexity index is 1420. The Morgan fingerprint density at radius 3 is 2.36 bits per heavy atom. The van der Waals surface area contributed by atoms with E-state index < -0.39 is 0 Å². The summed E-state index contributed by atoms with van der Waals surface area (Å²) >= 11 is 0. The zero-order valence-electron chi connectivity index (χ0n) is 26.1. The van der Waals surface area contributed by atoms with Crippen molar-refractivity contribution in [3.8, 4) is 11.8 Å². The van der Waals surface area contributed by atoms with Gasteiger partial charge in [-0.05, 0) is 92.7 Å². The minimum absolute atomic E-state index is 0.0917. The quantitative estimate of drug-likeness (QED) is 0.343. The van der Waals surface area contributed by atoms with E-state index in [1.807, 2.05) is 65.0 Å². The highest BCUT2D eigenvalue weighted by atomic mass is 16.5. The highest BCUT2D eigenvalue weighted by Crippen LogP contribution is 2.32. The standard InChI is InChI=1S/C35H44N4O3/c1-9-28(38-34(41)31-19-27(35(4,5)6)18-26(21-36)32(31)42-8)20-30(23(2)3)24-13-15-25(16-14-24)33(40)37-22-29-12-10-11-17-39(29)7/h9,13-16,18-20,29H,2,10-12,17,22H2,1,3-8H3,(H,37,40)(H,38,41)/b28-9+,30-20+. The number of nitriles is 1. The summed E-state index contributed by atoms with van der Waals surface area (Å²) in [4.78, 5) is 28.6. The van der Waals surface area contributed by atoms with Crippen molar-refractivity contribution in [2.45, 2.75) is 65.3 Å². The lowest BCUT2D eigenvalue weighted by Crippen LogP contribution is -2.44. The number of amides is 2. The van der Waals surface area contributed by atoms with Gasteiger partial charge in [0.2, 0.25) is 0 Å². The lowest BCUT2D eigenvalue weighted by Gasteiger charge is -2.32. The fourth-order valence-corrected chi connectivity index (χ4v) is 5.05. The third kappa shape index (κ3) is 7.98. The Morgan fingerprint density at radius 2 is 1.81 bits per heavy atom. The van der Waals surface area contributed by atoms with Crippen LogP contribution in [0.4, 0.5) is 0 Å². The number of hydrogen-bond acceptors (Lipinski definition) is 5. The Balaban J connectivity index is 1.82. The molecule has 1 aliphatic rings. The molecule has 0 aliphatic carbocycles. The average molecular weight is 569 g/mol. The maximum atomic E-state index is 13.5. The second-order valence-corrected chi connectivity index (χ2v) is 11.9. The molecular weight excluding hydrogens is 524 g/mol. The number of rotatable bonds is 9. The number of ether oxygens (including phenoxy) is 1. The van der Waals surface area contributed by atoms with E-state index in [0.717, 1.165) is 35.2 Å². The minimum Gasteiger partial charge on any atom is -0.495 e. The zero-order valence-corrected chi connectivity index (χ0v) is 26.1. The van der Waals surface area contributed by atoms with Crippen LogP contribution in [0.2, 0.25) is 0 Å². The van der Waals surface area contributed by atoms with Crippen molar-refractivity contribution in [3.63, 3.8) is 0 Å². The summed E-state index contributed by atoms with van der Waals surface area (Å²) in [5.74, 6) is -0.229. The maximum Gasteiger partial charge on any atom is 0.259 e. The molecule has 0 saturated carbocycles. The Morgan fingerprint density at radius 1 is 1.14 bits per heavy atom. The Kier molecular flexibility index (Phi) is 10.9. The molecule has 42 heavy (non-hydrogen) atoms. The topological polar surface area (TPSA) is 94.5 Å². The molecule has 1 saturated heterocycles. The summed E-state index contributed by atoms with van der Waals surface area (Å²) in [7, 11) is 3.57. The van der Waals surface area contributed by atoms with Crippen LogP contribution in [0.3, 0.4) is 0 Å². The Hall–Kier alpha value is -4.15. The fraction of sp³-hybridized carbons (Fsp3) is 0.400. The molecule has 222 valence electrons. The smallest absolute Gasteiger partial charge is 0.259 e. The van der Waals surface area contributed by atoms with Crippen molar-refractivity contribution in [1.82, 2.24) is 15.5 Å². The first-order valence-electron chi connectivity index (χ1n) is 14.5. The molecule has 0 radical (unpaired) electrons. The van der Waals surface area contributed by atoms with E-state index in [4.69, 9.17) is 4.74 Å². The molecule has 2 N–H and O–H groups in total. The van der Waals surface area contributed by atoms with Gasteiger partial charge < -0.3 is 20.3 Å². The molecule has 3 rings (SSSR count). The summed E-state index contributed by atoms with van der Waals surface area (Å²) < 4.78 is 5.48. The van der Waals surface area contributed by atoms with Gasteiger partial charge in [-0.15, -0.1) is 0 Å². The number of methoxy groups -OCH3 is 1. The van der Waals surface area contributed by atoms with Crippen LogP contribution in [0.25, 0.3) is 5.57 Å². The van der Waals surface area contributed by atoms with Crippen molar-refractivity contribution in [2.75, 3.05) is 27.2 Å². The molecule has 1 atom stereocenters. The van der Waals surface area contributed by atoms with Crippen LogP contribution < -0.4 is 15.4 Å². The van der Waals surface area contributed by atoms with Gasteiger partial charge in [0.25, 0.3) is 11.8 Å². The fourth-order valence-electron chi connectivity index (χ4n) is 5.05. The van der Waals surface area contributed by atoms with E-state index in [1.165, 1.54) is 20.0 Å². The first kappa shape index (κ1) is 32.4. The second kappa shape index (κ2) is 14.2. The molecule has 0 aromatic heterocycles. The van der Waals surface area contributed by atoms with Gasteiger partial charge in [0.15, 0.2) is 0 Å². The van der Waals surface area contributed by atoms with Gasteiger partial charge in [0.1, 0.15) is 11.8 Å². The van der Waals surface area contributed by atoms with Gasteiger partial charge in [-0.3, -0.25) is 9.59 Å². The van der Waals surface area contributed by atoms with Crippen molar-refractivity contribution in [1.29, 1.82) is 5.26 Å². The van der Waals surface area contributed by atoms with Gasteiger partial charge in [-0.2, -0.15) is 5.26 Å². The number of likely N-dealkylation sites (N-methyl/N-ethyl adjacent to an activating group) is 1. The first-order chi connectivity index (χ1) is 19.9. The Labute approximate surface area is 250 Å². The first-order valence-corrected chi connectivity index (χ1v) is 14.5. The molecule has 2 aromatic carbocycles. The van der Waals surface area contributed by atoms with Crippen LogP contribution in [-0.2, 0) is 5.41 Å². The van der Waals surface area contributed by atoms with Crippen molar-refractivity contribution < 1.29 is 14.3 Å². The number of nitrogens with zero attached hydrogens (tertiary/aromatic N) is 2. The number of likely N-dealkylation sites (tertiary alicyclic amines) is 1. The molecule has 1 unspecified atom stereocenters. The molecule has 2 amide bonds. The van der Waals surface area contributed by atoms with Gasteiger partial charge in [-0.1, -0.05) is 57.6 Å². The van der Waals surface area contributed by atoms with E-state index in [-0.39, 0.29) is 23.0 Å². The van der Waals surface area contributed by atoms with E-state index in [0.29, 0.717) is 35.0 Å². The molecule has 7 heteroatoms. The molecule has 0 bridgehead atoms. The zero-order chi connectivity index (χ0) is 31.0. The van der Waals surface area contributed by atoms with Crippen molar-refractivity contribution >= 4 is 17.4 Å². The van der Waals surface area contributed by atoms with Crippen molar-refractivity contribution in [3.05, 3.63) is 94.2 Å². The van der Waals surface area contributed by atoms with Crippen LogP contribution in [-0.4, -0.2) is 50.0 Å². The van der Waals surface area contributed by atoms with Crippen LogP contribution in [0.1, 0.15) is 91.3 Å². The number of benzene rings is 2. The molecule has 2 aromatic rings. The number of piperidine rings is 1. The maximum absolute atomic E-state index is 13.5. The number of nitrogens with one attached hydrogen (secondary N) is 2. The van der Waals surface area contributed by atoms with Crippen LogP contribution in [0.15, 0.2) is 66.4 Å². The molecule has 1 aliphatic heterocycles. The van der Waals surface area contributed by atoms with Crippen molar-refractivity contribution in [2.24, 2.45) is 0 Å². The SMILES string of the molecule is C=C(C)/C(=C\C(=C/C)NC(=O)c1cc(C(C)(C)C)cc(C#N)c1OC)c1ccc(C(=O)NCC2CCCCN2C)cc1. The third-order valence-electron chi connectivity index (χ3n) is 7.73. The largest absolute Gasteiger partial charge is 0.495 e. The minimum atomic E-state index is -0.379. The summed E-state index contributed by atoms with van der Waals surface area (Å²) in [6, 6.07) is 13.5. The van der Waals surface area contributed by atoms with E-state index in [2.05, 4.69) is 35.2 Å². The van der Waals surface area contributed by atoms with Crippen LogP contribution in [0.5, 0.6) is 5.75 Å². The monoisotopic (exact) mass is 568 g/mol. The van der Waals surface area contributed by atoms with Gasteiger partial charge in [0, 0.05) is 23.8 Å². The second-order valence-electron chi connectivity index (χ2n) is 11.9. The molecule has 7 nitrogen and oxygen atoms in total. The number of allylic oxidation sites excluding steroid dienone is 4. The van der Waals surface area contributed by atoms with E-state index in [1.54, 1.807) is 18.2 Å². The lowest BCUT2D eigenvalue weighted by atomic mass is 9.84. The number of hydrogen-bond donors (Lipinski definition) is 2. The molecular formula is C35H44N4O3. The molecule has 1 fully saturated rings. The van der Waals surface area contributed by atoms with Gasteiger partial charge in [0.05, 0.1) is 18.2 Å². The van der Waals surface area contributed by atoms with E-state index in [9.17, 15) is 14.9 Å². The average Bonchev–Trinajstić information content (AvgIpc) is 2.97. The highest BCUT2D eigenvalue weighted by molar-refractivity contribution is 5.99. The summed E-state index contributed by atoms with van der Waals surface area (Å²) in [5.41, 5.74) is 4.87.